The Bertz CT molecular complexity index is 3210. The maximum absolute atomic E-state index is 6.06. The van der Waals surface area contributed by atoms with Crippen LogP contribution in [0.3, 0.4) is 0 Å². The quantitative estimate of drug-likeness (QED) is 0.0629. The first-order chi connectivity index (χ1) is 37.9. The lowest BCUT2D eigenvalue weighted by Crippen LogP contribution is -2.04. The van der Waals surface area contributed by atoms with E-state index < -0.39 is 0 Å². The number of methoxy groups -OCH3 is 16. The monoisotopic (exact) mass is 1060 g/mol. The van der Waals surface area contributed by atoms with Crippen LogP contribution in [0.2, 0.25) is 0 Å². The predicted octanol–water partition coefficient (Wildman–Crippen LogP) is 9.91. The van der Waals surface area contributed by atoms with Gasteiger partial charge in [0.1, 0.15) is 34.1 Å². The lowest BCUT2D eigenvalue weighted by Gasteiger charge is -2.19. The molecule has 0 amide bonds. The van der Waals surface area contributed by atoms with Crippen LogP contribution in [0.25, 0.3) is 5.57 Å². The Kier molecular flexibility index (Phi) is 20.3. The van der Waals surface area contributed by atoms with E-state index in [2.05, 4.69) is 35.5 Å². The molecule has 6 aromatic rings. The highest BCUT2D eigenvalue weighted by molar-refractivity contribution is 5.79. The standard InChI is InChI=1S/C62H64O16/c1-63-47-31-40(32-48(64-2)44(47)21-18-38-27-53(69-7)60(76-14)54(28-38)70-8)23-42(20-17-37-25-51(67-5)59(75-13)52(26-37)68-6)46(43-35-57(73-11)62(78-16)58(36-43)74-12)24-41-33-49(65-3)45(50(34-41)66-4)22-19-39-29-55(71-9)61(77-15)56(30-39)72-10/h25-36H,23-24H2,1-16H3/b46-42-. The molecule has 0 N–H and O–H groups in total. The molecule has 6 aromatic carbocycles. The molecule has 16 nitrogen and oxygen atoms in total. The van der Waals surface area contributed by atoms with E-state index in [9.17, 15) is 0 Å². The van der Waals surface area contributed by atoms with Crippen LogP contribution in [-0.2, 0) is 12.8 Å². The van der Waals surface area contributed by atoms with Gasteiger partial charge in [0.15, 0.2) is 46.0 Å². The van der Waals surface area contributed by atoms with E-state index in [-0.39, 0.29) is 12.8 Å². The van der Waals surface area contributed by atoms with Crippen LogP contribution in [0.1, 0.15) is 44.5 Å². The zero-order chi connectivity index (χ0) is 56.5. The average molecular weight is 1070 g/mol. The number of rotatable bonds is 21. The van der Waals surface area contributed by atoms with Crippen molar-refractivity contribution in [3.63, 3.8) is 0 Å². The Morgan fingerprint density at radius 2 is 0.526 bits per heavy atom. The van der Waals surface area contributed by atoms with Crippen molar-refractivity contribution >= 4 is 5.57 Å². The molecule has 0 atom stereocenters. The third-order valence-electron chi connectivity index (χ3n) is 12.3. The summed E-state index contributed by atoms with van der Waals surface area (Å²) in [7, 11) is 24.9. The third-order valence-corrected chi connectivity index (χ3v) is 12.3. The van der Waals surface area contributed by atoms with Gasteiger partial charge < -0.3 is 75.8 Å². The lowest BCUT2D eigenvalue weighted by molar-refractivity contribution is 0.324. The minimum absolute atomic E-state index is 0.239. The molecule has 0 aromatic heterocycles. The number of hydrogen-bond acceptors (Lipinski definition) is 16. The van der Waals surface area contributed by atoms with Crippen LogP contribution in [0, 0.1) is 35.5 Å². The molecule has 0 saturated heterocycles. The summed E-state index contributed by atoms with van der Waals surface area (Å²) in [6, 6.07) is 22.0. The fourth-order valence-corrected chi connectivity index (χ4v) is 8.53. The predicted molar refractivity (Wildman–Crippen MR) is 297 cm³/mol. The van der Waals surface area contributed by atoms with Crippen LogP contribution in [0.5, 0.6) is 92.0 Å². The number of ether oxygens (including phenoxy) is 16. The van der Waals surface area contributed by atoms with Crippen molar-refractivity contribution in [1.29, 1.82) is 0 Å². The molecule has 0 radical (unpaired) electrons. The van der Waals surface area contributed by atoms with Gasteiger partial charge in [0, 0.05) is 28.7 Å². The van der Waals surface area contributed by atoms with E-state index in [1.165, 1.54) is 0 Å². The highest BCUT2D eigenvalue weighted by Gasteiger charge is 2.23. The first kappa shape index (κ1) is 57.8. The normalized spacial score (nSPS) is 10.6. The van der Waals surface area contributed by atoms with Crippen molar-refractivity contribution in [2.45, 2.75) is 12.8 Å². The van der Waals surface area contributed by atoms with Crippen molar-refractivity contribution < 1.29 is 75.8 Å². The van der Waals surface area contributed by atoms with Crippen LogP contribution in [0.4, 0.5) is 0 Å². The van der Waals surface area contributed by atoms with Crippen LogP contribution >= 0.6 is 0 Å². The number of allylic oxidation sites excluding steroid dienone is 2. The van der Waals surface area contributed by atoms with E-state index in [1.54, 1.807) is 150 Å². The molecule has 0 unspecified atom stereocenters. The summed E-state index contributed by atoms with van der Waals surface area (Å²) >= 11 is 0. The van der Waals surface area contributed by atoms with E-state index in [1.807, 2.05) is 36.4 Å². The maximum Gasteiger partial charge on any atom is 0.203 e. The second kappa shape index (κ2) is 27.4. The van der Waals surface area contributed by atoms with Crippen LogP contribution < -0.4 is 75.8 Å². The fourth-order valence-electron chi connectivity index (χ4n) is 8.53. The molecule has 408 valence electrons. The number of hydrogen-bond donors (Lipinski definition) is 0. The Hall–Kier alpha value is -9.46. The molecule has 0 aliphatic carbocycles. The van der Waals surface area contributed by atoms with Gasteiger partial charge in [-0.05, 0) is 101 Å². The van der Waals surface area contributed by atoms with E-state index in [0.29, 0.717) is 131 Å². The molecule has 0 aliphatic heterocycles. The Balaban J connectivity index is 1.64. The minimum atomic E-state index is 0.239. The van der Waals surface area contributed by atoms with E-state index >= 15 is 0 Å². The summed E-state index contributed by atoms with van der Waals surface area (Å²) in [6.45, 7) is 0. The summed E-state index contributed by atoms with van der Waals surface area (Å²) in [5, 5.41) is 0. The summed E-state index contributed by atoms with van der Waals surface area (Å²) in [6.07, 6.45) is 0.501. The van der Waals surface area contributed by atoms with Gasteiger partial charge in [-0.3, -0.25) is 0 Å². The second-order valence-electron chi connectivity index (χ2n) is 16.5. The van der Waals surface area contributed by atoms with E-state index in [0.717, 1.165) is 16.7 Å². The summed E-state index contributed by atoms with van der Waals surface area (Å²) in [4.78, 5) is 0. The SMILES string of the molecule is COc1cc(C/C(C#Cc2cc(OC)c(OC)c(OC)c2)=C(/Cc2cc(OC)c(C#Cc3cc(OC)c(OC)c(OC)c3)c(OC)c2)c2cc(OC)c(OC)c(OC)c2)cc(OC)c1C#Cc1cc(OC)c(OC)c(OC)c1. The topological polar surface area (TPSA) is 148 Å². The van der Waals surface area contributed by atoms with Gasteiger partial charge in [-0.25, -0.2) is 0 Å². The molecule has 0 spiro atoms. The molecule has 16 heteroatoms. The van der Waals surface area contributed by atoms with Crippen molar-refractivity contribution in [3.8, 4) is 128 Å². The van der Waals surface area contributed by atoms with Gasteiger partial charge >= 0.3 is 0 Å². The van der Waals surface area contributed by atoms with Gasteiger partial charge in [0.25, 0.3) is 0 Å². The summed E-state index contributed by atoms with van der Waals surface area (Å²) < 4.78 is 92.4. The Morgan fingerprint density at radius 1 is 0.269 bits per heavy atom. The van der Waals surface area contributed by atoms with Crippen molar-refractivity contribution in [3.05, 3.63) is 123 Å². The molecule has 0 heterocycles. The first-order valence-corrected chi connectivity index (χ1v) is 23.9. The molecular formula is C62H64O16. The zero-order valence-electron chi connectivity index (χ0n) is 46.9. The molecule has 0 aliphatic rings. The summed E-state index contributed by atoms with van der Waals surface area (Å²) in [5.41, 5.74) is 6.49. The minimum Gasteiger partial charge on any atom is -0.495 e. The molecule has 78 heavy (non-hydrogen) atoms. The Morgan fingerprint density at radius 3 is 0.795 bits per heavy atom. The van der Waals surface area contributed by atoms with Crippen LogP contribution in [0.15, 0.2) is 78.4 Å². The smallest absolute Gasteiger partial charge is 0.203 e. The Labute approximate surface area is 456 Å². The first-order valence-electron chi connectivity index (χ1n) is 23.9. The van der Waals surface area contributed by atoms with Crippen LogP contribution in [-0.4, -0.2) is 114 Å². The lowest BCUT2D eigenvalue weighted by atomic mass is 9.89. The average Bonchev–Trinajstić information content (AvgIpc) is 3.49. The van der Waals surface area contributed by atoms with Crippen molar-refractivity contribution in [2.75, 3.05) is 114 Å². The highest BCUT2D eigenvalue weighted by atomic mass is 16.6. The fraction of sp³-hybridized carbons (Fsp3) is 0.290. The molecule has 0 saturated carbocycles. The van der Waals surface area contributed by atoms with E-state index in [4.69, 9.17) is 75.8 Å². The molecular weight excluding hydrogens is 1000 g/mol. The van der Waals surface area contributed by atoms with Crippen molar-refractivity contribution in [1.82, 2.24) is 0 Å². The molecule has 0 bridgehead atoms. The zero-order valence-corrected chi connectivity index (χ0v) is 46.9. The van der Waals surface area contributed by atoms with Gasteiger partial charge in [0.2, 0.25) is 23.0 Å². The third kappa shape index (κ3) is 12.8. The largest absolute Gasteiger partial charge is 0.495 e. The van der Waals surface area contributed by atoms with Gasteiger partial charge in [-0.2, -0.15) is 0 Å². The maximum atomic E-state index is 6.06. The van der Waals surface area contributed by atoms with Gasteiger partial charge in [0.05, 0.1) is 114 Å². The van der Waals surface area contributed by atoms with Gasteiger partial charge in [-0.15, -0.1) is 0 Å². The van der Waals surface area contributed by atoms with Crippen molar-refractivity contribution in [2.24, 2.45) is 0 Å². The molecule has 6 rings (SSSR count). The second-order valence-corrected chi connectivity index (χ2v) is 16.5. The number of benzene rings is 6. The molecule has 0 fully saturated rings. The van der Waals surface area contributed by atoms with Gasteiger partial charge in [-0.1, -0.05) is 35.5 Å². The highest BCUT2D eigenvalue weighted by Crippen LogP contribution is 2.44. The summed E-state index contributed by atoms with van der Waals surface area (Å²) in [5.74, 6) is 27.0.